The van der Waals surface area contributed by atoms with Crippen LogP contribution in [0, 0.1) is 0 Å². The molecule has 4 N–H and O–H groups in total. The molecule has 0 saturated carbocycles. The maximum absolute atomic E-state index is 12.2. The molecule has 0 aromatic heterocycles. The minimum atomic E-state index is -3.92. The number of carbonyl (C=O) groups excluding carboxylic acids is 2. The number of amides is 2. The zero-order chi connectivity index (χ0) is 15.6. The van der Waals surface area contributed by atoms with E-state index in [4.69, 9.17) is 10.5 Å². The highest BCUT2D eigenvalue weighted by molar-refractivity contribution is 7.89. The fourth-order valence-corrected chi connectivity index (χ4v) is 3.16. The fourth-order valence-electron chi connectivity index (χ4n) is 1.92. The summed E-state index contributed by atoms with van der Waals surface area (Å²) in [5.74, 6) is -0.844. The van der Waals surface area contributed by atoms with Crippen molar-refractivity contribution in [2.75, 3.05) is 12.8 Å². The summed E-state index contributed by atoms with van der Waals surface area (Å²) >= 11 is 0. The molecule has 0 aliphatic carbocycles. The van der Waals surface area contributed by atoms with Gasteiger partial charge in [0.25, 0.3) is 0 Å². The fraction of sp³-hybridized carbons (Fsp3) is 0.333. The molecule has 1 unspecified atom stereocenters. The number of sulfonamides is 1. The summed E-state index contributed by atoms with van der Waals surface area (Å²) in [5, 5.41) is 2.09. The summed E-state index contributed by atoms with van der Waals surface area (Å²) < 4.78 is 31.7. The molecule has 1 atom stereocenters. The van der Waals surface area contributed by atoms with E-state index in [1.165, 1.54) is 25.3 Å². The third-order valence-electron chi connectivity index (χ3n) is 3.05. The lowest BCUT2D eigenvalue weighted by atomic mass is 10.1. The number of piperidine rings is 1. The van der Waals surface area contributed by atoms with E-state index in [-0.39, 0.29) is 23.5 Å². The summed E-state index contributed by atoms with van der Waals surface area (Å²) in [4.78, 5) is 22.6. The molecule has 1 aliphatic rings. The summed E-state index contributed by atoms with van der Waals surface area (Å²) in [7, 11) is -2.55. The van der Waals surface area contributed by atoms with E-state index in [9.17, 15) is 18.0 Å². The second-order valence-electron chi connectivity index (χ2n) is 4.53. The Bertz CT molecular complexity index is 686. The van der Waals surface area contributed by atoms with Crippen molar-refractivity contribution in [3.8, 4) is 5.75 Å². The Labute approximate surface area is 121 Å². The maximum atomic E-state index is 12.2. The molecule has 2 rings (SSSR count). The van der Waals surface area contributed by atoms with Crippen LogP contribution in [-0.2, 0) is 19.6 Å². The Balaban J connectivity index is 2.22. The van der Waals surface area contributed by atoms with Crippen molar-refractivity contribution < 1.29 is 22.7 Å². The molecule has 1 aromatic rings. The van der Waals surface area contributed by atoms with Crippen molar-refractivity contribution in [2.45, 2.75) is 23.8 Å². The topological polar surface area (TPSA) is 128 Å². The van der Waals surface area contributed by atoms with Gasteiger partial charge in [-0.25, -0.2) is 8.42 Å². The molecular formula is C12H15N3O5S. The van der Waals surface area contributed by atoms with Crippen LogP contribution in [0.4, 0.5) is 5.69 Å². The average Bonchev–Trinajstić information content (AvgIpc) is 2.42. The number of hydrogen-bond acceptors (Lipinski definition) is 6. The van der Waals surface area contributed by atoms with Gasteiger partial charge in [-0.05, 0) is 18.6 Å². The van der Waals surface area contributed by atoms with E-state index >= 15 is 0 Å². The lowest BCUT2D eigenvalue weighted by Gasteiger charge is -2.21. The number of methoxy groups -OCH3 is 1. The van der Waals surface area contributed by atoms with Gasteiger partial charge in [0, 0.05) is 12.5 Å². The molecule has 1 aliphatic heterocycles. The first kappa shape index (κ1) is 15.3. The first-order valence-electron chi connectivity index (χ1n) is 6.13. The van der Waals surface area contributed by atoms with E-state index in [1.807, 2.05) is 0 Å². The lowest BCUT2D eigenvalue weighted by molar-refractivity contribution is -0.134. The van der Waals surface area contributed by atoms with E-state index < -0.39 is 27.9 Å². The molecule has 1 aromatic carbocycles. The predicted molar refractivity (Wildman–Crippen MR) is 73.9 cm³/mol. The van der Waals surface area contributed by atoms with Gasteiger partial charge in [-0.2, -0.15) is 4.72 Å². The van der Waals surface area contributed by atoms with Crippen molar-refractivity contribution in [3.05, 3.63) is 18.2 Å². The van der Waals surface area contributed by atoms with Crippen LogP contribution in [0.1, 0.15) is 12.8 Å². The Morgan fingerprint density at radius 3 is 2.71 bits per heavy atom. The van der Waals surface area contributed by atoms with Crippen molar-refractivity contribution >= 4 is 27.5 Å². The van der Waals surface area contributed by atoms with Gasteiger partial charge in [0.05, 0.1) is 17.7 Å². The van der Waals surface area contributed by atoms with Gasteiger partial charge in [0.15, 0.2) is 0 Å². The average molecular weight is 313 g/mol. The van der Waals surface area contributed by atoms with Crippen LogP contribution in [0.2, 0.25) is 0 Å². The van der Waals surface area contributed by atoms with E-state index in [2.05, 4.69) is 10.0 Å². The molecular weight excluding hydrogens is 298 g/mol. The van der Waals surface area contributed by atoms with Gasteiger partial charge in [0.2, 0.25) is 21.8 Å². The van der Waals surface area contributed by atoms with Crippen LogP contribution in [0.15, 0.2) is 23.1 Å². The highest BCUT2D eigenvalue weighted by Gasteiger charge is 2.31. The standard InChI is InChI=1S/C12H15N3O5S/c1-20-10-6-7(2-3-8(10)13)21(18,19)15-9-4-5-11(16)14-12(9)17/h2-3,6,9,15H,4-5,13H2,1H3,(H,14,16,17). The number of hydrogen-bond donors (Lipinski definition) is 3. The van der Waals surface area contributed by atoms with Crippen molar-refractivity contribution in [2.24, 2.45) is 0 Å². The van der Waals surface area contributed by atoms with Crippen LogP contribution in [-0.4, -0.2) is 33.4 Å². The van der Waals surface area contributed by atoms with Crippen LogP contribution >= 0.6 is 0 Å². The number of rotatable bonds is 4. The number of ether oxygens (including phenoxy) is 1. The smallest absolute Gasteiger partial charge is 0.244 e. The summed E-state index contributed by atoms with van der Waals surface area (Å²) in [6.07, 6.45) is 0.208. The third kappa shape index (κ3) is 3.31. The molecule has 2 amide bonds. The molecule has 9 heteroatoms. The Morgan fingerprint density at radius 2 is 2.10 bits per heavy atom. The normalized spacial score (nSPS) is 19.2. The number of nitrogens with two attached hydrogens (primary N) is 1. The van der Waals surface area contributed by atoms with Crippen LogP contribution in [0.3, 0.4) is 0 Å². The first-order chi connectivity index (χ1) is 9.83. The zero-order valence-electron chi connectivity index (χ0n) is 11.3. The molecule has 0 bridgehead atoms. The molecule has 0 radical (unpaired) electrons. The number of nitrogens with one attached hydrogen (secondary N) is 2. The number of imide groups is 1. The highest BCUT2D eigenvalue weighted by Crippen LogP contribution is 2.25. The number of carbonyl (C=O) groups is 2. The second-order valence-corrected chi connectivity index (χ2v) is 6.24. The molecule has 1 saturated heterocycles. The minimum Gasteiger partial charge on any atom is -0.495 e. The van der Waals surface area contributed by atoms with Crippen molar-refractivity contribution in [1.82, 2.24) is 10.0 Å². The summed E-state index contributed by atoms with van der Waals surface area (Å²) in [5.41, 5.74) is 5.93. The highest BCUT2D eigenvalue weighted by atomic mass is 32.2. The van der Waals surface area contributed by atoms with Crippen molar-refractivity contribution in [1.29, 1.82) is 0 Å². The van der Waals surface area contributed by atoms with Gasteiger partial charge in [0.1, 0.15) is 11.8 Å². The maximum Gasteiger partial charge on any atom is 0.244 e. The molecule has 1 fully saturated rings. The number of anilines is 1. The van der Waals surface area contributed by atoms with Gasteiger partial charge >= 0.3 is 0 Å². The monoisotopic (exact) mass is 313 g/mol. The van der Waals surface area contributed by atoms with Crippen LogP contribution in [0.25, 0.3) is 0 Å². The van der Waals surface area contributed by atoms with Crippen molar-refractivity contribution in [3.63, 3.8) is 0 Å². The molecule has 114 valence electrons. The van der Waals surface area contributed by atoms with Gasteiger partial charge in [-0.15, -0.1) is 0 Å². The van der Waals surface area contributed by atoms with Gasteiger partial charge in [-0.3, -0.25) is 14.9 Å². The van der Waals surface area contributed by atoms with Crippen LogP contribution in [0.5, 0.6) is 5.75 Å². The quantitative estimate of drug-likeness (QED) is 0.501. The second kappa shape index (κ2) is 5.70. The van der Waals surface area contributed by atoms with Crippen LogP contribution < -0.4 is 20.5 Å². The largest absolute Gasteiger partial charge is 0.495 e. The SMILES string of the molecule is COc1cc(S(=O)(=O)NC2CCC(=O)NC2=O)ccc1N. The van der Waals surface area contributed by atoms with E-state index in [1.54, 1.807) is 0 Å². The molecule has 0 spiro atoms. The van der Waals surface area contributed by atoms with E-state index in [0.717, 1.165) is 0 Å². The third-order valence-corrected chi connectivity index (χ3v) is 4.52. The summed E-state index contributed by atoms with van der Waals surface area (Å²) in [6, 6.07) is 3.00. The zero-order valence-corrected chi connectivity index (χ0v) is 12.1. The Hall–Kier alpha value is -2.13. The molecule has 1 heterocycles. The number of benzene rings is 1. The molecule has 8 nitrogen and oxygen atoms in total. The minimum absolute atomic E-state index is 0.0711. The number of nitrogen functional groups attached to an aromatic ring is 1. The van der Waals surface area contributed by atoms with E-state index in [0.29, 0.717) is 5.69 Å². The first-order valence-corrected chi connectivity index (χ1v) is 7.61. The Kier molecular flexibility index (Phi) is 4.14. The molecule has 21 heavy (non-hydrogen) atoms. The Morgan fingerprint density at radius 1 is 1.38 bits per heavy atom. The predicted octanol–water partition coefficient (Wildman–Crippen LogP) is -0.639. The van der Waals surface area contributed by atoms with Gasteiger partial charge in [-0.1, -0.05) is 0 Å². The summed E-state index contributed by atoms with van der Waals surface area (Å²) in [6.45, 7) is 0. The van der Waals surface area contributed by atoms with Gasteiger partial charge < -0.3 is 10.5 Å². The lowest BCUT2D eigenvalue weighted by Crippen LogP contribution is -2.52.